The molecular weight excluding hydrogens is 257 g/mol. The summed E-state index contributed by atoms with van der Waals surface area (Å²) in [5.74, 6) is -0.741. The molecular formula is C12H16FNO3S. The maximum Gasteiger partial charge on any atom is 0.243 e. The van der Waals surface area contributed by atoms with E-state index in [1.165, 1.54) is 18.2 Å². The van der Waals surface area contributed by atoms with Crippen LogP contribution < -0.4 is 4.72 Å². The maximum absolute atomic E-state index is 13.4. The van der Waals surface area contributed by atoms with E-state index < -0.39 is 15.8 Å². The molecule has 1 N–H and O–H groups in total. The molecule has 2 rings (SSSR count). The minimum absolute atomic E-state index is 0.111. The van der Waals surface area contributed by atoms with E-state index in [-0.39, 0.29) is 17.5 Å². The molecule has 1 unspecified atom stereocenters. The van der Waals surface area contributed by atoms with Gasteiger partial charge in [-0.05, 0) is 31.4 Å². The van der Waals surface area contributed by atoms with Crippen molar-refractivity contribution in [1.29, 1.82) is 0 Å². The van der Waals surface area contributed by atoms with Gasteiger partial charge in [-0.3, -0.25) is 0 Å². The van der Waals surface area contributed by atoms with Crippen LogP contribution in [0.3, 0.4) is 0 Å². The van der Waals surface area contributed by atoms with Crippen LogP contribution in [0.15, 0.2) is 29.2 Å². The second-order valence-corrected chi connectivity index (χ2v) is 6.01. The summed E-state index contributed by atoms with van der Waals surface area (Å²) in [6.45, 7) is 0.850. The van der Waals surface area contributed by atoms with Gasteiger partial charge in [-0.15, -0.1) is 0 Å². The molecule has 0 spiro atoms. The minimum Gasteiger partial charge on any atom is -0.377 e. The van der Waals surface area contributed by atoms with Gasteiger partial charge in [0.1, 0.15) is 10.7 Å². The summed E-state index contributed by atoms with van der Waals surface area (Å²) in [5, 5.41) is 0. The lowest BCUT2D eigenvalue weighted by Gasteiger charge is -2.22. The third-order valence-electron chi connectivity index (χ3n) is 2.90. The van der Waals surface area contributed by atoms with Crippen LogP contribution in [-0.2, 0) is 14.8 Å². The molecule has 0 radical (unpaired) electrons. The monoisotopic (exact) mass is 273 g/mol. The van der Waals surface area contributed by atoms with E-state index in [9.17, 15) is 12.8 Å². The molecule has 0 amide bonds. The highest BCUT2D eigenvalue weighted by Gasteiger charge is 2.21. The third-order valence-corrected chi connectivity index (χ3v) is 4.36. The Labute approximate surface area is 106 Å². The Morgan fingerprint density at radius 3 is 2.78 bits per heavy atom. The fourth-order valence-electron chi connectivity index (χ4n) is 1.91. The van der Waals surface area contributed by atoms with Gasteiger partial charge in [0, 0.05) is 13.2 Å². The Hall–Kier alpha value is -0.980. The first-order chi connectivity index (χ1) is 8.59. The van der Waals surface area contributed by atoms with Crippen molar-refractivity contribution in [2.75, 3.05) is 13.2 Å². The highest BCUT2D eigenvalue weighted by Crippen LogP contribution is 2.15. The van der Waals surface area contributed by atoms with Gasteiger partial charge in [0.2, 0.25) is 10.0 Å². The second kappa shape index (κ2) is 5.77. The van der Waals surface area contributed by atoms with Crippen molar-refractivity contribution >= 4 is 10.0 Å². The molecule has 4 nitrogen and oxygen atoms in total. The van der Waals surface area contributed by atoms with E-state index in [1.807, 2.05) is 0 Å². The molecule has 1 atom stereocenters. The fraction of sp³-hybridized carbons (Fsp3) is 0.500. The van der Waals surface area contributed by atoms with Crippen LogP contribution >= 0.6 is 0 Å². The van der Waals surface area contributed by atoms with E-state index in [0.717, 1.165) is 25.3 Å². The molecule has 1 aliphatic rings. The molecule has 0 saturated carbocycles. The quantitative estimate of drug-likeness (QED) is 0.908. The van der Waals surface area contributed by atoms with Crippen molar-refractivity contribution in [3.63, 3.8) is 0 Å². The van der Waals surface area contributed by atoms with Crippen molar-refractivity contribution in [3.05, 3.63) is 30.1 Å². The Kier molecular flexibility index (Phi) is 4.31. The molecule has 1 aromatic rings. The number of rotatable bonds is 4. The van der Waals surface area contributed by atoms with Gasteiger partial charge in [-0.2, -0.15) is 0 Å². The van der Waals surface area contributed by atoms with Crippen molar-refractivity contribution < 1.29 is 17.5 Å². The van der Waals surface area contributed by atoms with Crippen LogP contribution in [0.5, 0.6) is 0 Å². The van der Waals surface area contributed by atoms with Crippen LogP contribution in [0.1, 0.15) is 19.3 Å². The SMILES string of the molecule is O=S(=O)(NCC1CCCCO1)c1ccccc1F. The first-order valence-electron chi connectivity index (χ1n) is 5.95. The molecule has 0 bridgehead atoms. The molecule has 6 heteroatoms. The number of halogens is 1. The van der Waals surface area contributed by atoms with Crippen molar-refractivity contribution in [1.82, 2.24) is 4.72 Å². The van der Waals surface area contributed by atoms with E-state index >= 15 is 0 Å². The van der Waals surface area contributed by atoms with Gasteiger partial charge in [-0.25, -0.2) is 17.5 Å². The van der Waals surface area contributed by atoms with Gasteiger partial charge in [0.15, 0.2) is 0 Å². The lowest BCUT2D eigenvalue weighted by atomic mass is 10.1. The van der Waals surface area contributed by atoms with Crippen LogP contribution in [0.2, 0.25) is 0 Å². The predicted octanol–water partition coefficient (Wildman–Crippen LogP) is 1.67. The number of benzene rings is 1. The number of sulfonamides is 1. The zero-order valence-corrected chi connectivity index (χ0v) is 10.7. The number of hydrogen-bond donors (Lipinski definition) is 1. The third kappa shape index (κ3) is 3.28. The zero-order valence-electron chi connectivity index (χ0n) is 9.93. The average molecular weight is 273 g/mol. The summed E-state index contributed by atoms with van der Waals surface area (Å²) in [4.78, 5) is -0.319. The molecule has 1 aliphatic heterocycles. The molecule has 1 saturated heterocycles. The van der Waals surface area contributed by atoms with E-state index in [0.29, 0.717) is 6.61 Å². The molecule has 0 aliphatic carbocycles. The van der Waals surface area contributed by atoms with Crippen LogP contribution in [-0.4, -0.2) is 27.7 Å². The number of hydrogen-bond acceptors (Lipinski definition) is 3. The van der Waals surface area contributed by atoms with E-state index in [1.54, 1.807) is 0 Å². The first-order valence-corrected chi connectivity index (χ1v) is 7.44. The highest BCUT2D eigenvalue weighted by atomic mass is 32.2. The van der Waals surface area contributed by atoms with E-state index in [2.05, 4.69) is 4.72 Å². The van der Waals surface area contributed by atoms with Crippen molar-refractivity contribution in [2.45, 2.75) is 30.3 Å². The average Bonchev–Trinajstić information content (AvgIpc) is 2.38. The zero-order chi connectivity index (χ0) is 13.0. The van der Waals surface area contributed by atoms with Gasteiger partial charge in [-0.1, -0.05) is 12.1 Å². The maximum atomic E-state index is 13.4. The summed E-state index contributed by atoms with van der Waals surface area (Å²) in [7, 11) is -3.80. The van der Waals surface area contributed by atoms with E-state index in [4.69, 9.17) is 4.74 Å². The summed E-state index contributed by atoms with van der Waals surface area (Å²) in [6.07, 6.45) is 2.77. The van der Waals surface area contributed by atoms with Crippen LogP contribution in [0, 0.1) is 5.82 Å². The Bertz CT molecular complexity index is 498. The van der Waals surface area contributed by atoms with Gasteiger partial charge >= 0.3 is 0 Å². The lowest BCUT2D eigenvalue weighted by molar-refractivity contribution is 0.0200. The number of nitrogens with one attached hydrogen (secondary N) is 1. The molecule has 1 heterocycles. The molecule has 1 aromatic carbocycles. The smallest absolute Gasteiger partial charge is 0.243 e. The predicted molar refractivity (Wildman–Crippen MR) is 65.2 cm³/mol. The lowest BCUT2D eigenvalue weighted by Crippen LogP contribution is -2.35. The molecule has 1 fully saturated rings. The van der Waals surface area contributed by atoms with Crippen LogP contribution in [0.25, 0.3) is 0 Å². The molecule has 0 aromatic heterocycles. The molecule has 100 valence electrons. The normalized spacial score (nSPS) is 20.8. The first kappa shape index (κ1) is 13.5. The van der Waals surface area contributed by atoms with Crippen molar-refractivity contribution in [3.8, 4) is 0 Å². The summed E-state index contributed by atoms with van der Waals surface area (Å²) < 4.78 is 45.0. The van der Waals surface area contributed by atoms with Gasteiger partial charge in [0.25, 0.3) is 0 Å². The van der Waals surface area contributed by atoms with Crippen LogP contribution in [0.4, 0.5) is 4.39 Å². The summed E-state index contributed by atoms with van der Waals surface area (Å²) >= 11 is 0. The number of ether oxygens (including phenoxy) is 1. The highest BCUT2D eigenvalue weighted by molar-refractivity contribution is 7.89. The Balaban J connectivity index is 2.01. The Morgan fingerprint density at radius 1 is 1.33 bits per heavy atom. The second-order valence-electron chi connectivity index (χ2n) is 4.27. The topological polar surface area (TPSA) is 55.4 Å². The fourth-order valence-corrected chi connectivity index (χ4v) is 3.05. The summed E-state index contributed by atoms with van der Waals surface area (Å²) in [6, 6.07) is 5.33. The largest absolute Gasteiger partial charge is 0.377 e. The van der Waals surface area contributed by atoms with Gasteiger partial charge < -0.3 is 4.74 Å². The van der Waals surface area contributed by atoms with Crippen molar-refractivity contribution in [2.24, 2.45) is 0 Å². The van der Waals surface area contributed by atoms with Gasteiger partial charge in [0.05, 0.1) is 6.10 Å². The standard InChI is InChI=1S/C12H16FNO3S/c13-11-6-1-2-7-12(11)18(15,16)14-9-10-5-3-4-8-17-10/h1-2,6-7,10,14H,3-5,8-9H2. The minimum atomic E-state index is -3.80. The Morgan fingerprint density at radius 2 is 2.11 bits per heavy atom. The molecule has 18 heavy (non-hydrogen) atoms. The summed E-state index contributed by atoms with van der Waals surface area (Å²) in [5.41, 5.74) is 0.